The van der Waals surface area contributed by atoms with Gasteiger partial charge in [-0.25, -0.2) is 9.18 Å². The van der Waals surface area contributed by atoms with E-state index in [-0.39, 0.29) is 10.7 Å². The van der Waals surface area contributed by atoms with Crippen LogP contribution in [0.25, 0.3) is 0 Å². The first-order chi connectivity index (χ1) is 25.2. The highest BCUT2D eigenvalue weighted by molar-refractivity contribution is 6.34. The number of allylic oxidation sites excluding steroid dienone is 1. The molecule has 11 heteroatoms. The first-order valence-electron chi connectivity index (χ1n) is 18.6. The highest BCUT2D eigenvalue weighted by atomic mass is 35.5. The van der Waals surface area contributed by atoms with Crippen LogP contribution in [-0.4, -0.2) is 76.4 Å². The molecule has 2 amide bonds. The zero-order chi connectivity index (χ0) is 38.4. The number of urea groups is 1. The third kappa shape index (κ3) is 14.7. The van der Waals surface area contributed by atoms with Crippen LogP contribution in [0.3, 0.4) is 0 Å². The van der Waals surface area contributed by atoms with E-state index in [0.717, 1.165) is 56.1 Å². The van der Waals surface area contributed by atoms with Gasteiger partial charge in [-0.1, -0.05) is 58.0 Å². The summed E-state index contributed by atoms with van der Waals surface area (Å²) in [4.78, 5) is 19.6. The molecule has 0 unspecified atom stereocenters. The van der Waals surface area contributed by atoms with Crippen LogP contribution in [0.2, 0.25) is 5.02 Å². The number of ether oxygens (including phenoxy) is 4. The number of nitrogens with zero attached hydrogens (tertiary/aromatic N) is 2. The number of halogens is 2. The van der Waals surface area contributed by atoms with Crippen LogP contribution in [0.5, 0.6) is 5.75 Å². The van der Waals surface area contributed by atoms with Crippen molar-refractivity contribution in [3.63, 3.8) is 0 Å². The SMILES string of the molecule is C=C/C(COCC)=C(\C=C(/CCOc1ccc(NC(=O)Nc2cc(C)ccc2F)c(Cl)c1)N=CC)OCCCN1CCC2(CC1)COC2.CC.CC. The predicted molar refractivity (Wildman–Crippen MR) is 213 cm³/mol. The van der Waals surface area contributed by atoms with Gasteiger partial charge < -0.3 is 34.5 Å². The van der Waals surface area contributed by atoms with Crippen molar-refractivity contribution in [2.24, 2.45) is 10.4 Å². The fraction of sp³-hybridized carbons (Fsp3) is 0.512. The molecule has 2 heterocycles. The monoisotopic (exact) mass is 742 g/mol. The third-order valence-corrected chi connectivity index (χ3v) is 8.73. The van der Waals surface area contributed by atoms with Gasteiger partial charge in [-0.2, -0.15) is 0 Å². The Hall–Kier alpha value is -3.70. The summed E-state index contributed by atoms with van der Waals surface area (Å²) < 4.78 is 37.5. The highest BCUT2D eigenvalue weighted by Crippen LogP contribution is 2.38. The summed E-state index contributed by atoms with van der Waals surface area (Å²) in [6, 6.07) is 8.83. The molecule has 0 aliphatic carbocycles. The summed E-state index contributed by atoms with van der Waals surface area (Å²) >= 11 is 6.43. The minimum absolute atomic E-state index is 0.0823. The molecule has 2 aromatic rings. The van der Waals surface area contributed by atoms with E-state index in [1.54, 1.807) is 42.6 Å². The van der Waals surface area contributed by atoms with Crippen molar-refractivity contribution < 1.29 is 28.1 Å². The van der Waals surface area contributed by atoms with Gasteiger partial charge in [0.1, 0.15) is 17.3 Å². The summed E-state index contributed by atoms with van der Waals surface area (Å²) in [5.41, 5.74) is 3.33. The van der Waals surface area contributed by atoms with Gasteiger partial charge in [-0.05, 0) is 83.0 Å². The zero-order valence-electron chi connectivity index (χ0n) is 32.3. The van der Waals surface area contributed by atoms with Crippen molar-refractivity contribution in [3.05, 3.63) is 88.6 Å². The van der Waals surface area contributed by atoms with E-state index in [4.69, 9.17) is 30.5 Å². The van der Waals surface area contributed by atoms with E-state index >= 15 is 0 Å². The van der Waals surface area contributed by atoms with Crippen LogP contribution < -0.4 is 15.4 Å². The largest absolute Gasteiger partial charge is 0.493 e. The maximum Gasteiger partial charge on any atom is 0.323 e. The molecule has 9 nitrogen and oxygen atoms in total. The zero-order valence-corrected chi connectivity index (χ0v) is 33.0. The van der Waals surface area contributed by atoms with Crippen molar-refractivity contribution in [2.75, 3.05) is 69.9 Å². The lowest BCUT2D eigenvalue weighted by molar-refractivity contribution is -0.139. The Balaban J connectivity index is 0.00000226. The number of aliphatic imine (C=N–C) groups is 1. The Morgan fingerprint density at radius 1 is 1.08 bits per heavy atom. The van der Waals surface area contributed by atoms with Crippen LogP contribution in [0.1, 0.15) is 72.8 Å². The molecule has 2 saturated heterocycles. The maximum atomic E-state index is 14.0. The quantitative estimate of drug-likeness (QED) is 0.0725. The van der Waals surface area contributed by atoms with Crippen molar-refractivity contribution in [1.29, 1.82) is 0 Å². The van der Waals surface area contributed by atoms with Crippen LogP contribution >= 0.6 is 11.6 Å². The summed E-state index contributed by atoms with van der Waals surface area (Å²) in [6.07, 6.45) is 9.25. The number of piperidine rings is 1. The van der Waals surface area contributed by atoms with Crippen LogP contribution in [0, 0.1) is 18.2 Å². The van der Waals surface area contributed by atoms with Crippen molar-refractivity contribution in [3.8, 4) is 5.75 Å². The molecule has 0 atom stereocenters. The van der Waals surface area contributed by atoms with E-state index in [2.05, 4.69) is 27.1 Å². The molecular weight excluding hydrogens is 683 g/mol. The number of hydrogen-bond donors (Lipinski definition) is 2. The Morgan fingerprint density at radius 3 is 2.40 bits per heavy atom. The number of benzene rings is 2. The van der Waals surface area contributed by atoms with E-state index in [9.17, 15) is 9.18 Å². The fourth-order valence-corrected chi connectivity index (χ4v) is 5.75. The van der Waals surface area contributed by atoms with Crippen molar-refractivity contribution >= 4 is 35.2 Å². The Kier molecular flexibility index (Phi) is 21.0. The molecule has 0 radical (unpaired) electrons. The molecule has 52 heavy (non-hydrogen) atoms. The number of amides is 2. The van der Waals surface area contributed by atoms with Gasteiger partial charge in [0.05, 0.1) is 49.4 Å². The number of nitrogens with one attached hydrogen (secondary N) is 2. The standard InChI is InChI=1S/C37H48ClFN4O5.2C2H6/c1-5-28(24-45-7-3)35(48-19-8-16-43-17-14-37(15-18-43)25-46-26-37)22-29(40-6-2)13-20-47-30-10-12-33(31(38)23-30)41-36(44)42-34-21-27(4)9-11-32(34)39;2*1-2/h5-6,9-12,21-23H,1,7-8,13-20,24-26H2,2-4H3,(H2,41,42,44);2*1-2H3/b29-22+,35-28-,40-6?;;. The van der Waals surface area contributed by atoms with Gasteiger partial charge >= 0.3 is 6.03 Å². The molecule has 2 aromatic carbocycles. The highest BCUT2D eigenvalue weighted by Gasteiger charge is 2.40. The lowest BCUT2D eigenvalue weighted by Crippen LogP contribution is -2.51. The molecule has 0 saturated carbocycles. The molecule has 4 rings (SSSR count). The predicted octanol–water partition coefficient (Wildman–Crippen LogP) is 10.2. The number of aryl methyl sites for hydroxylation is 1. The molecule has 1 spiro atoms. The normalized spacial score (nSPS) is 15.7. The lowest BCUT2D eigenvalue weighted by Gasteiger charge is -2.47. The lowest BCUT2D eigenvalue weighted by atomic mass is 9.77. The van der Waals surface area contributed by atoms with Crippen LogP contribution in [0.4, 0.5) is 20.6 Å². The van der Waals surface area contributed by atoms with Gasteiger partial charge in [0.15, 0.2) is 0 Å². The van der Waals surface area contributed by atoms with Gasteiger partial charge in [-0.3, -0.25) is 4.99 Å². The fourth-order valence-electron chi connectivity index (χ4n) is 5.53. The Morgan fingerprint density at radius 2 is 1.79 bits per heavy atom. The van der Waals surface area contributed by atoms with Gasteiger partial charge in [0, 0.05) is 54.6 Å². The molecule has 2 N–H and O–H groups in total. The second kappa shape index (κ2) is 24.5. The molecule has 2 aliphatic heterocycles. The number of anilines is 2. The average molecular weight is 743 g/mol. The number of carbonyl (C=O) groups is 1. The van der Waals surface area contributed by atoms with E-state index in [1.165, 1.54) is 18.9 Å². The summed E-state index contributed by atoms with van der Waals surface area (Å²) in [6.45, 7) is 24.5. The first kappa shape index (κ1) is 44.5. The number of hydrogen-bond acceptors (Lipinski definition) is 7. The van der Waals surface area contributed by atoms with E-state index in [1.807, 2.05) is 54.5 Å². The molecular formula is C41H60ClFN4O5. The summed E-state index contributed by atoms with van der Waals surface area (Å²) in [5, 5.41) is 5.43. The average Bonchev–Trinajstić information content (AvgIpc) is 3.14. The molecule has 288 valence electrons. The first-order valence-corrected chi connectivity index (χ1v) is 18.9. The van der Waals surface area contributed by atoms with Gasteiger partial charge in [0.25, 0.3) is 0 Å². The molecule has 0 aromatic heterocycles. The summed E-state index contributed by atoms with van der Waals surface area (Å²) in [7, 11) is 0. The molecule has 2 fully saturated rings. The number of carbonyl (C=O) groups excluding carboxylic acids is 1. The number of rotatable bonds is 17. The van der Waals surface area contributed by atoms with E-state index in [0.29, 0.717) is 55.5 Å². The second-order valence-electron chi connectivity index (χ2n) is 12.1. The van der Waals surface area contributed by atoms with Crippen molar-refractivity contribution in [1.82, 2.24) is 4.90 Å². The maximum absolute atomic E-state index is 14.0. The van der Waals surface area contributed by atoms with Crippen LogP contribution in [0.15, 0.2) is 77.2 Å². The molecule has 0 bridgehead atoms. The Bertz CT molecular complexity index is 1480. The minimum Gasteiger partial charge on any atom is -0.493 e. The minimum atomic E-state index is -0.611. The second-order valence-corrected chi connectivity index (χ2v) is 12.5. The van der Waals surface area contributed by atoms with Crippen molar-refractivity contribution in [2.45, 2.75) is 74.1 Å². The van der Waals surface area contributed by atoms with Gasteiger partial charge in [0.2, 0.25) is 0 Å². The topological polar surface area (TPSA) is 93.7 Å². The smallest absolute Gasteiger partial charge is 0.323 e. The molecule has 2 aliphatic rings. The Labute approximate surface area is 316 Å². The summed E-state index contributed by atoms with van der Waals surface area (Å²) in [5.74, 6) is 0.686. The number of likely N-dealkylation sites (tertiary alicyclic amines) is 1. The van der Waals surface area contributed by atoms with Crippen LogP contribution in [-0.2, 0) is 14.2 Å². The third-order valence-electron chi connectivity index (χ3n) is 8.41. The van der Waals surface area contributed by atoms with E-state index < -0.39 is 11.8 Å². The van der Waals surface area contributed by atoms with Gasteiger partial charge in [-0.15, -0.1) is 0 Å².